The minimum absolute atomic E-state index is 0.389. The van der Waals surface area contributed by atoms with Gasteiger partial charge in [0.2, 0.25) is 5.82 Å². The third kappa shape index (κ3) is 2.08. The summed E-state index contributed by atoms with van der Waals surface area (Å²) in [5.74, 6) is 0.834. The average molecular weight is 259 g/mol. The van der Waals surface area contributed by atoms with Crippen molar-refractivity contribution in [2.75, 3.05) is 0 Å². The Morgan fingerprint density at radius 3 is 2.72 bits per heavy atom. The zero-order valence-corrected chi connectivity index (χ0v) is 9.87. The van der Waals surface area contributed by atoms with Crippen LogP contribution in [0.4, 0.5) is 0 Å². The van der Waals surface area contributed by atoms with E-state index in [0.717, 1.165) is 0 Å². The predicted octanol–water partition coefficient (Wildman–Crippen LogP) is 2.85. The molecule has 3 aromatic rings. The molecule has 0 fully saturated rings. The van der Waals surface area contributed by atoms with Crippen molar-refractivity contribution in [1.82, 2.24) is 20.1 Å². The SMILES string of the molecule is Clc1ccc(-c2nc(-c3ccccn3)no2)cn1. The molecule has 88 valence electrons. The van der Waals surface area contributed by atoms with Gasteiger partial charge < -0.3 is 4.52 Å². The molecule has 0 aromatic carbocycles. The second kappa shape index (κ2) is 4.54. The summed E-state index contributed by atoms with van der Waals surface area (Å²) in [6.45, 7) is 0. The van der Waals surface area contributed by atoms with E-state index in [1.54, 1.807) is 24.5 Å². The maximum atomic E-state index is 5.71. The largest absolute Gasteiger partial charge is 0.333 e. The molecule has 0 radical (unpaired) electrons. The van der Waals surface area contributed by atoms with Gasteiger partial charge in [-0.3, -0.25) is 4.98 Å². The molecule has 3 heterocycles. The molecule has 3 aromatic heterocycles. The Balaban J connectivity index is 1.97. The second-order valence-corrected chi connectivity index (χ2v) is 3.89. The van der Waals surface area contributed by atoms with Crippen molar-refractivity contribution in [2.45, 2.75) is 0 Å². The molecule has 0 aliphatic heterocycles. The van der Waals surface area contributed by atoms with Crippen molar-refractivity contribution in [3.8, 4) is 23.0 Å². The lowest BCUT2D eigenvalue weighted by Crippen LogP contribution is -1.84. The van der Waals surface area contributed by atoms with Crippen LogP contribution in [0.5, 0.6) is 0 Å². The van der Waals surface area contributed by atoms with Crippen molar-refractivity contribution >= 4 is 11.6 Å². The van der Waals surface area contributed by atoms with Gasteiger partial charge in [0.15, 0.2) is 0 Å². The molecule has 3 rings (SSSR count). The van der Waals surface area contributed by atoms with Gasteiger partial charge in [0, 0.05) is 12.4 Å². The van der Waals surface area contributed by atoms with Crippen molar-refractivity contribution < 1.29 is 4.52 Å². The fraction of sp³-hybridized carbons (Fsp3) is 0. The molecular weight excluding hydrogens is 252 g/mol. The number of hydrogen-bond donors (Lipinski definition) is 0. The molecule has 0 spiro atoms. The summed E-state index contributed by atoms with van der Waals surface area (Å²) in [6, 6.07) is 8.94. The van der Waals surface area contributed by atoms with Crippen molar-refractivity contribution in [2.24, 2.45) is 0 Å². The predicted molar refractivity (Wildman–Crippen MR) is 65.8 cm³/mol. The Labute approximate surface area is 107 Å². The summed E-state index contributed by atoms with van der Waals surface area (Å²) >= 11 is 5.71. The monoisotopic (exact) mass is 258 g/mol. The van der Waals surface area contributed by atoms with Crippen LogP contribution in [0.15, 0.2) is 47.2 Å². The van der Waals surface area contributed by atoms with Gasteiger partial charge in [-0.1, -0.05) is 22.8 Å². The van der Waals surface area contributed by atoms with Crippen molar-refractivity contribution in [1.29, 1.82) is 0 Å². The lowest BCUT2D eigenvalue weighted by molar-refractivity contribution is 0.432. The molecular formula is C12H7ClN4O. The standard InChI is InChI=1S/C12H7ClN4O/c13-10-5-4-8(7-15-10)12-16-11(17-18-12)9-3-1-2-6-14-9/h1-7H. The second-order valence-electron chi connectivity index (χ2n) is 3.51. The van der Waals surface area contributed by atoms with Gasteiger partial charge in [-0.25, -0.2) is 4.98 Å². The van der Waals surface area contributed by atoms with Crippen LogP contribution >= 0.6 is 11.6 Å². The zero-order valence-electron chi connectivity index (χ0n) is 9.12. The highest BCUT2D eigenvalue weighted by Gasteiger charge is 2.11. The van der Waals surface area contributed by atoms with Crippen LogP contribution in [-0.2, 0) is 0 Å². The summed E-state index contributed by atoms with van der Waals surface area (Å²) < 4.78 is 5.16. The molecule has 0 aliphatic rings. The number of pyridine rings is 2. The number of nitrogens with zero attached hydrogens (tertiary/aromatic N) is 4. The number of halogens is 1. The number of hydrogen-bond acceptors (Lipinski definition) is 5. The lowest BCUT2D eigenvalue weighted by Gasteiger charge is -1.92. The van der Waals surface area contributed by atoms with Gasteiger partial charge in [-0.2, -0.15) is 4.98 Å². The fourth-order valence-electron chi connectivity index (χ4n) is 1.44. The van der Waals surface area contributed by atoms with Crippen LogP contribution in [0.1, 0.15) is 0 Å². The Kier molecular flexibility index (Phi) is 2.74. The molecule has 0 aliphatic carbocycles. The van der Waals surface area contributed by atoms with Gasteiger partial charge in [-0.15, -0.1) is 0 Å². The zero-order chi connectivity index (χ0) is 12.4. The van der Waals surface area contributed by atoms with E-state index in [2.05, 4.69) is 20.1 Å². The summed E-state index contributed by atoms with van der Waals surface area (Å²) in [5, 5.41) is 4.30. The van der Waals surface area contributed by atoms with Crippen LogP contribution in [-0.4, -0.2) is 20.1 Å². The van der Waals surface area contributed by atoms with E-state index in [1.807, 2.05) is 18.2 Å². The van der Waals surface area contributed by atoms with Crippen LogP contribution in [0.25, 0.3) is 23.0 Å². The molecule has 0 bridgehead atoms. The molecule has 18 heavy (non-hydrogen) atoms. The van der Waals surface area contributed by atoms with Gasteiger partial charge in [0.1, 0.15) is 10.8 Å². The minimum atomic E-state index is 0.389. The van der Waals surface area contributed by atoms with E-state index in [-0.39, 0.29) is 0 Å². The third-order valence-corrected chi connectivity index (χ3v) is 2.52. The van der Waals surface area contributed by atoms with E-state index in [4.69, 9.17) is 16.1 Å². The number of rotatable bonds is 2. The topological polar surface area (TPSA) is 64.7 Å². The van der Waals surface area contributed by atoms with E-state index in [9.17, 15) is 0 Å². The molecule has 0 atom stereocenters. The highest BCUT2D eigenvalue weighted by molar-refractivity contribution is 6.29. The Hall–Kier alpha value is -2.27. The molecule has 0 amide bonds. The maximum absolute atomic E-state index is 5.71. The first-order valence-electron chi connectivity index (χ1n) is 5.20. The van der Waals surface area contributed by atoms with Gasteiger partial charge in [0.25, 0.3) is 5.89 Å². The van der Waals surface area contributed by atoms with E-state index < -0.39 is 0 Å². The Morgan fingerprint density at radius 2 is 2.00 bits per heavy atom. The third-order valence-electron chi connectivity index (χ3n) is 2.29. The fourth-order valence-corrected chi connectivity index (χ4v) is 1.55. The summed E-state index contributed by atoms with van der Waals surface area (Å²) in [6.07, 6.45) is 3.26. The van der Waals surface area contributed by atoms with Crippen LogP contribution in [0.3, 0.4) is 0 Å². The molecule has 0 saturated heterocycles. The van der Waals surface area contributed by atoms with Gasteiger partial charge in [0.05, 0.1) is 5.56 Å². The normalized spacial score (nSPS) is 10.5. The summed E-state index contributed by atoms with van der Waals surface area (Å²) in [7, 11) is 0. The first kappa shape index (κ1) is 10.9. The molecule has 6 heteroatoms. The molecule has 0 N–H and O–H groups in total. The molecule has 0 unspecified atom stereocenters. The van der Waals surface area contributed by atoms with Crippen LogP contribution in [0, 0.1) is 0 Å². The molecule has 0 saturated carbocycles. The van der Waals surface area contributed by atoms with Crippen LogP contribution < -0.4 is 0 Å². The highest BCUT2D eigenvalue weighted by atomic mass is 35.5. The minimum Gasteiger partial charge on any atom is -0.333 e. The Bertz CT molecular complexity index is 651. The van der Waals surface area contributed by atoms with E-state index in [0.29, 0.717) is 28.1 Å². The molecule has 5 nitrogen and oxygen atoms in total. The Morgan fingerprint density at radius 1 is 1.06 bits per heavy atom. The first-order chi connectivity index (χ1) is 8.83. The van der Waals surface area contributed by atoms with Crippen molar-refractivity contribution in [3.63, 3.8) is 0 Å². The smallest absolute Gasteiger partial charge is 0.259 e. The summed E-state index contributed by atoms with van der Waals surface area (Å²) in [5.41, 5.74) is 1.38. The first-order valence-corrected chi connectivity index (χ1v) is 5.58. The van der Waals surface area contributed by atoms with Gasteiger partial charge >= 0.3 is 0 Å². The maximum Gasteiger partial charge on any atom is 0.259 e. The average Bonchev–Trinajstić information content (AvgIpc) is 2.90. The lowest BCUT2D eigenvalue weighted by atomic mass is 10.3. The van der Waals surface area contributed by atoms with Crippen LogP contribution in [0.2, 0.25) is 5.15 Å². The quantitative estimate of drug-likeness (QED) is 0.661. The van der Waals surface area contributed by atoms with E-state index >= 15 is 0 Å². The number of aromatic nitrogens is 4. The van der Waals surface area contributed by atoms with Gasteiger partial charge in [-0.05, 0) is 24.3 Å². The highest BCUT2D eigenvalue weighted by Crippen LogP contribution is 2.20. The van der Waals surface area contributed by atoms with Crippen molar-refractivity contribution in [3.05, 3.63) is 47.9 Å². The van der Waals surface area contributed by atoms with E-state index in [1.165, 1.54) is 0 Å². The summed E-state index contributed by atoms with van der Waals surface area (Å²) in [4.78, 5) is 12.4.